The molecule has 2 atom stereocenters. The number of fused-ring (bicyclic) bond motifs is 4. The molecule has 1 N–H and O–H groups in total. The molecular weight excluding hydrogens is 632 g/mol. The molecule has 3 aliphatic heterocycles. The van der Waals surface area contributed by atoms with Gasteiger partial charge in [0.15, 0.2) is 12.6 Å². The average Bonchev–Trinajstić information content (AvgIpc) is 3.30. The van der Waals surface area contributed by atoms with Gasteiger partial charge in [0.2, 0.25) is 5.36 Å². The van der Waals surface area contributed by atoms with Gasteiger partial charge in [-0.3, -0.25) is 14.1 Å². The monoisotopic (exact) mass is 675 g/mol. The third kappa shape index (κ3) is 5.46. The van der Waals surface area contributed by atoms with Gasteiger partial charge in [0.25, 0.3) is 10.1 Å². The molecule has 0 unspecified atom stereocenters. The second-order valence-electron chi connectivity index (χ2n) is 14.0. The summed E-state index contributed by atoms with van der Waals surface area (Å²) in [5, 5.41) is 1.66. The number of anilines is 1. The van der Waals surface area contributed by atoms with E-state index in [9.17, 15) is 22.6 Å². The van der Waals surface area contributed by atoms with Gasteiger partial charge < -0.3 is 19.1 Å². The molecule has 3 aromatic rings. The number of hydrogen-bond donors (Lipinski definition) is 1. The summed E-state index contributed by atoms with van der Waals surface area (Å²) in [5.41, 5.74) is 4.16. The molecular formula is C37H43N2O8S+. The topological polar surface area (TPSA) is 122 Å². The van der Waals surface area contributed by atoms with Crippen LogP contribution in [-0.2, 0) is 40.0 Å². The Labute approximate surface area is 281 Å². The van der Waals surface area contributed by atoms with Crippen LogP contribution in [-0.4, -0.2) is 63.3 Å². The summed E-state index contributed by atoms with van der Waals surface area (Å²) in [7, 11) is -4.59. The molecule has 0 fully saturated rings. The molecule has 3 aliphatic rings. The van der Waals surface area contributed by atoms with Gasteiger partial charge in [-0.1, -0.05) is 32.0 Å². The first kappa shape index (κ1) is 33.7. The number of esters is 2. The Balaban J connectivity index is 1.65. The zero-order valence-corrected chi connectivity index (χ0v) is 29.5. The van der Waals surface area contributed by atoms with Gasteiger partial charge in [-0.15, -0.1) is 0 Å². The van der Waals surface area contributed by atoms with Crippen molar-refractivity contribution in [3.63, 3.8) is 0 Å². The number of hydrogen-bond acceptors (Lipinski definition) is 8. The SMILES string of the molecule is CC(=O)OCCN1c2cc3c(cc2C(C)(C)[C@H]1C)C(c1ccccc1S(=O)(=O)O)=c1cc2c(cc1O3)=[N+](CCOC(C)=O)[C@H](C)C2(C)C. The fraction of sp³-hybridized carbons (Fsp3) is 0.432. The maximum absolute atomic E-state index is 12.8. The van der Waals surface area contributed by atoms with Gasteiger partial charge in [-0.05, 0) is 51.5 Å². The standard InChI is InChI=1S/C37H42N2O8S/c1-21-36(5,6)28-17-26-32(19-30(28)38(21)13-15-45-23(3)40)47-33-20-31-29(37(7,8)22(2)39(31)14-16-46-24(4)41)18-27(33)35(26)25-11-9-10-12-34(25)48(42,43)44/h9-12,17-22H,13-16H2,1-8H3/p+1/t21-,22-/m1/s1. The van der Waals surface area contributed by atoms with E-state index in [2.05, 4.69) is 63.2 Å². The molecule has 0 saturated heterocycles. The number of benzene rings is 3. The van der Waals surface area contributed by atoms with Crippen molar-refractivity contribution in [3.05, 3.63) is 81.4 Å². The van der Waals surface area contributed by atoms with Crippen LogP contribution >= 0.6 is 0 Å². The van der Waals surface area contributed by atoms with E-state index in [1.807, 2.05) is 12.1 Å². The smallest absolute Gasteiger partial charge is 0.302 e. The van der Waals surface area contributed by atoms with Crippen LogP contribution in [0.5, 0.6) is 11.5 Å². The van der Waals surface area contributed by atoms with Crippen molar-refractivity contribution in [2.45, 2.75) is 83.2 Å². The van der Waals surface area contributed by atoms with E-state index >= 15 is 0 Å². The molecule has 0 amide bonds. The van der Waals surface area contributed by atoms with Crippen molar-refractivity contribution >= 4 is 33.3 Å². The lowest BCUT2D eigenvalue weighted by Crippen LogP contribution is -2.40. The van der Waals surface area contributed by atoms with Crippen molar-refractivity contribution in [1.82, 2.24) is 4.58 Å². The Kier molecular flexibility index (Phi) is 8.23. The first-order valence-corrected chi connectivity index (χ1v) is 17.7. The molecule has 10 nitrogen and oxygen atoms in total. The fourth-order valence-corrected chi connectivity index (χ4v) is 8.21. The summed E-state index contributed by atoms with van der Waals surface area (Å²) >= 11 is 0. The summed E-state index contributed by atoms with van der Waals surface area (Å²) in [4.78, 5) is 25.1. The third-order valence-corrected chi connectivity index (χ3v) is 11.6. The highest BCUT2D eigenvalue weighted by atomic mass is 32.2. The Morgan fingerprint density at radius 1 is 0.896 bits per heavy atom. The van der Waals surface area contributed by atoms with Crippen molar-refractivity contribution in [2.75, 3.05) is 31.2 Å². The van der Waals surface area contributed by atoms with Crippen LogP contribution < -0.4 is 24.8 Å². The van der Waals surface area contributed by atoms with Crippen molar-refractivity contribution in [3.8, 4) is 11.5 Å². The van der Waals surface area contributed by atoms with Crippen LogP contribution in [0.2, 0.25) is 0 Å². The number of carbonyl (C=O) groups excluding carboxylic acids is 2. The highest BCUT2D eigenvalue weighted by Gasteiger charge is 2.46. The minimum absolute atomic E-state index is 0.0553. The Morgan fingerprint density at radius 2 is 1.56 bits per heavy atom. The van der Waals surface area contributed by atoms with Gasteiger partial charge in [0.1, 0.15) is 29.6 Å². The third-order valence-electron chi connectivity index (χ3n) is 10.7. The number of ether oxygens (including phenoxy) is 3. The molecule has 3 heterocycles. The van der Waals surface area contributed by atoms with E-state index in [0.29, 0.717) is 35.7 Å². The fourth-order valence-electron chi connectivity index (χ4n) is 7.51. The maximum Gasteiger partial charge on any atom is 0.302 e. The summed E-state index contributed by atoms with van der Waals surface area (Å²) in [6.07, 6.45) is 0. The van der Waals surface area contributed by atoms with Gasteiger partial charge in [-0.2, -0.15) is 8.42 Å². The molecule has 6 rings (SSSR count). The van der Waals surface area contributed by atoms with E-state index in [0.717, 1.165) is 33.0 Å². The lowest BCUT2D eigenvalue weighted by molar-refractivity contribution is -0.141. The maximum atomic E-state index is 12.8. The molecule has 11 heteroatoms. The van der Waals surface area contributed by atoms with Gasteiger partial charge in [0, 0.05) is 64.5 Å². The predicted molar refractivity (Wildman–Crippen MR) is 182 cm³/mol. The van der Waals surface area contributed by atoms with Crippen molar-refractivity contribution < 1.29 is 36.8 Å². The molecule has 0 bridgehead atoms. The first-order valence-electron chi connectivity index (χ1n) is 16.2. The van der Waals surface area contributed by atoms with Crippen LogP contribution in [0.25, 0.3) is 5.57 Å². The molecule has 0 spiro atoms. The molecule has 0 radical (unpaired) electrons. The van der Waals surface area contributed by atoms with E-state index < -0.39 is 10.1 Å². The van der Waals surface area contributed by atoms with Crippen LogP contribution in [0.4, 0.5) is 5.69 Å². The number of carbonyl (C=O) groups is 2. The number of nitrogens with zero attached hydrogens (tertiary/aromatic N) is 2. The van der Waals surface area contributed by atoms with Gasteiger partial charge in [0.05, 0.1) is 18.0 Å². The van der Waals surface area contributed by atoms with E-state index in [4.69, 9.17) is 14.2 Å². The lowest BCUT2D eigenvalue weighted by atomic mass is 9.78. The zero-order chi connectivity index (χ0) is 34.9. The molecule has 48 heavy (non-hydrogen) atoms. The second-order valence-corrected chi connectivity index (χ2v) is 15.4. The zero-order valence-electron chi connectivity index (χ0n) is 28.7. The van der Waals surface area contributed by atoms with Crippen molar-refractivity contribution in [2.24, 2.45) is 0 Å². The quantitative estimate of drug-likeness (QED) is 0.167. The Morgan fingerprint density at radius 3 is 2.23 bits per heavy atom. The molecule has 0 aromatic heterocycles. The number of rotatable bonds is 8. The minimum Gasteiger partial charge on any atom is -0.464 e. The first-order chi connectivity index (χ1) is 22.4. The molecule has 3 aromatic carbocycles. The van der Waals surface area contributed by atoms with Crippen LogP contribution in [0.15, 0.2) is 53.4 Å². The van der Waals surface area contributed by atoms with E-state index in [-0.39, 0.29) is 53.0 Å². The van der Waals surface area contributed by atoms with Crippen LogP contribution in [0, 0.1) is 0 Å². The molecule has 0 aliphatic carbocycles. The summed E-state index contributed by atoms with van der Waals surface area (Å²) < 4.78 is 55.5. The average molecular weight is 676 g/mol. The van der Waals surface area contributed by atoms with Crippen LogP contribution in [0.1, 0.15) is 77.6 Å². The normalized spacial score (nSPS) is 20.0. The highest BCUT2D eigenvalue weighted by Crippen LogP contribution is 2.50. The van der Waals surface area contributed by atoms with E-state index in [1.165, 1.54) is 19.9 Å². The Hall–Kier alpha value is -4.22. The molecule has 254 valence electrons. The summed E-state index contributed by atoms with van der Waals surface area (Å²) in [6, 6.07) is 14.7. The van der Waals surface area contributed by atoms with E-state index in [1.54, 1.807) is 18.2 Å². The van der Waals surface area contributed by atoms with Gasteiger partial charge in [-0.25, -0.2) is 4.58 Å². The largest absolute Gasteiger partial charge is 0.464 e. The highest BCUT2D eigenvalue weighted by molar-refractivity contribution is 7.86. The van der Waals surface area contributed by atoms with Crippen molar-refractivity contribution in [1.29, 1.82) is 0 Å². The summed E-state index contributed by atoms with van der Waals surface area (Å²) in [5.74, 6) is 0.409. The second kappa shape index (κ2) is 11.7. The lowest BCUT2D eigenvalue weighted by Gasteiger charge is -2.31. The molecule has 0 saturated carbocycles. The minimum atomic E-state index is -4.59. The van der Waals surface area contributed by atoms with Gasteiger partial charge >= 0.3 is 11.9 Å². The Bertz CT molecular complexity index is 2100. The predicted octanol–water partition coefficient (Wildman–Crippen LogP) is 4.07. The van der Waals surface area contributed by atoms with Crippen LogP contribution in [0.3, 0.4) is 0 Å². The summed E-state index contributed by atoms with van der Waals surface area (Å²) in [6.45, 7) is 17.2.